The van der Waals surface area contributed by atoms with Crippen LogP contribution in [0.4, 0.5) is 5.69 Å². The van der Waals surface area contributed by atoms with Crippen LogP contribution >= 0.6 is 0 Å². The summed E-state index contributed by atoms with van der Waals surface area (Å²) >= 11 is 0. The van der Waals surface area contributed by atoms with Crippen LogP contribution in [-0.4, -0.2) is 18.7 Å². The second kappa shape index (κ2) is 4.46. The molecule has 0 spiro atoms. The van der Waals surface area contributed by atoms with Crippen molar-refractivity contribution in [2.45, 2.75) is 33.2 Å². The molecule has 0 saturated carbocycles. The highest BCUT2D eigenvalue weighted by atomic mass is 16.5. The van der Waals surface area contributed by atoms with Crippen LogP contribution in [-0.2, 0) is 6.54 Å². The Hall–Kier alpha value is -1.03. The van der Waals surface area contributed by atoms with E-state index in [1.54, 1.807) is 0 Å². The van der Waals surface area contributed by atoms with Crippen molar-refractivity contribution in [1.29, 1.82) is 0 Å². The molecule has 0 aliphatic carbocycles. The van der Waals surface area contributed by atoms with Crippen molar-refractivity contribution in [1.82, 2.24) is 5.16 Å². The second-order valence-electron chi connectivity index (χ2n) is 3.72. The van der Waals surface area contributed by atoms with Crippen LogP contribution < -0.4 is 10.6 Å². The van der Waals surface area contributed by atoms with Gasteiger partial charge in [-0.2, -0.15) is 0 Å². The molecule has 0 bridgehead atoms. The third kappa shape index (κ3) is 1.90. The maximum absolute atomic E-state index is 5.61. The average molecular weight is 197 g/mol. The van der Waals surface area contributed by atoms with Crippen molar-refractivity contribution >= 4 is 5.69 Å². The summed E-state index contributed by atoms with van der Waals surface area (Å²) in [4.78, 5) is 2.12. The van der Waals surface area contributed by atoms with E-state index in [0.717, 1.165) is 23.7 Å². The first-order valence-corrected chi connectivity index (χ1v) is 5.01. The molecule has 2 N–H and O–H groups in total. The molecule has 0 saturated heterocycles. The number of nitrogens with two attached hydrogens (primary N) is 1. The van der Waals surface area contributed by atoms with Gasteiger partial charge >= 0.3 is 0 Å². The Morgan fingerprint density at radius 2 is 2.14 bits per heavy atom. The van der Waals surface area contributed by atoms with E-state index in [2.05, 4.69) is 30.8 Å². The fourth-order valence-electron chi connectivity index (χ4n) is 1.41. The fourth-order valence-corrected chi connectivity index (χ4v) is 1.41. The maximum Gasteiger partial charge on any atom is 0.162 e. The Kier molecular flexibility index (Phi) is 3.52. The van der Waals surface area contributed by atoms with Gasteiger partial charge in [-0.05, 0) is 6.92 Å². The zero-order valence-electron chi connectivity index (χ0n) is 9.37. The van der Waals surface area contributed by atoms with Crippen molar-refractivity contribution in [3.8, 4) is 0 Å². The van der Waals surface area contributed by atoms with Crippen molar-refractivity contribution < 1.29 is 4.52 Å². The van der Waals surface area contributed by atoms with Crippen molar-refractivity contribution in [3.05, 3.63) is 11.5 Å². The third-order valence-electron chi connectivity index (χ3n) is 2.33. The number of hydrogen-bond donors (Lipinski definition) is 1. The molecular formula is C10H19N3O. The predicted octanol–water partition coefficient (Wildman–Crippen LogP) is 1.71. The van der Waals surface area contributed by atoms with E-state index in [-0.39, 0.29) is 0 Å². The van der Waals surface area contributed by atoms with Gasteiger partial charge in [-0.1, -0.05) is 19.0 Å². The molecule has 0 aromatic carbocycles. The van der Waals surface area contributed by atoms with E-state index in [0.29, 0.717) is 12.5 Å². The summed E-state index contributed by atoms with van der Waals surface area (Å²) in [5.41, 5.74) is 7.51. The monoisotopic (exact) mass is 197 g/mol. The van der Waals surface area contributed by atoms with Crippen molar-refractivity contribution in [2.75, 3.05) is 18.5 Å². The summed E-state index contributed by atoms with van der Waals surface area (Å²) in [5, 5.41) is 3.98. The smallest absolute Gasteiger partial charge is 0.162 e. The Balaban J connectivity index is 3.12. The zero-order chi connectivity index (χ0) is 10.7. The molecule has 4 heteroatoms. The normalized spacial score (nSPS) is 11.0. The minimum absolute atomic E-state index is 0.340. The molecule has 1 aromatic heterocycles. The van der Waals surface area contributed by atoms with E-state index in [1.807, 2.05) is 7.05 Å². The van der Waals surface area contributed by atoms with Gasteiger partial charge in [0.1, 0.15) is 11.4 Å². The molecule has 1 heterocycles. The lowest BCUT2D eigenvalue weighted by molar-refractivity contribution is 0.366. The van der Waals surface area contributed by atoms with Gasteiger partial charge in [0.15, 0.2) is 5.76 Å². The Bertz CT molecular complexity index is 294. The lowest BCUT2D eigenvalue weighted by Crippen LogP contribution is -2.19. The first kappa shape index (κ1) is 11.0. The lowest BCUT2D eigenvalue weighted by atomic mass is 10.1. The Morgan fingerprint density at radius 3 is 2.57 bits per heavy atom. The van der Waals surface area contributed by atoms with Crippen LogP contribution in [0.25, 0.3) is 0 Å². The number of anilines is 1. The molecular weight excluding hydrogens is 178 g/mol. The summed E-state index contributed by atoms with van der Waals surface area (Å²) in [6.07, 6.45) is 0. The van der Waals surface area contributed by atoms with E-state index in [1.165, 1.54) is 0 Å². The maximum atomic E-state index is 5.61. The summed E-state index contributed by atoms with van der Waals surface area (Å²) in [6, 6.07) is 0. The summed E-state index contributed by atoms with van der Waals surface area (Å²) in [5.74, 6) is 1.27. The van der Waals surface area contributed by atoms with Gasteiger partial charge in [0, 0.05) is 26.1 Å². The molecule has 4 nitrogen and oxygen atoms in total. The van der Waals surface area contributed by atoms with Crippen molar-refractivity contribution in [2.24, 2.45) is 5.73 Å². The zero-order valence-corrected chi connectivity index (χ0v) is 9.37. The predicted molar refractivity (Wildman–Crippen MR) is 57.4 cm³/mol. The topological polar surface area (TPSA) is 55.3 Å². The first-order valence-electron chi connectivity index (χ1n) is 5.01. The van der Waals surface area contributed by atoms with Crippen LogP contribution in [0.3, 0.4) is 0 Å². The molecule has 80 valence electrons. The van der Waals surface area contributed by atoms with E-state index in [4.69, 9.17) is 10.3 Å². The Morgan fingerprint density at radius 1 is 1.50 bits per heavy atom. The minimum atomic E-state index is 0.340. The molecule has 0 unspecified atom stereocenters. The van der Waals surface area contributed by atoms with Gasteiger partial charge < -0.3 is 15.2 Å². The molecule has 0 radical (unpaired) electrons. The SMILES string of the molecule is CCN(C)c1c(CN)noc1C(C)C. The van der Waals surface area contributed by atoms with Gasteiger partial charge in [0.25, 0.3) is 0 Å². The minimum Gasteiger partial charge on any atom is -0.370 e. The molecule has 0 amide bonds. The average Bonchev–Trinajstić information content (AvgIpc) is 2.59. The van der Waals surface area contributed by atoms with Crippen LogP contribution in [0.2, 0.25) is 0 Å². The number of hydrogen-bond acceptors (Lipinski definition) is 4. The Labute approximate surface area is 85.1 Å². The molecule has 0 atom stereocenters. The molecule has 14 heavy (non-hydrogen) atoms. The van der Waals surface area contributed by atoms with Gasteiger partial charge in [0.2, 0.25) is 0 Å². The molecule has 1 aromatic rings. The summed E-state index contributed by atoms with van der Waals surface area (Å²) in [6.45, 7) is 7.63. The molecule has 0 fully saturated rings. The number of nitrogens with zero attached hydrogens (tertiary/aromatic N) is 2. The van der Waals surface area contributed by atoms with Crippen LogP contribution in [0.5, 0.6) is 0 Å². The van der Waals surface area contributed by atoms with Gasteiger partial charge in [0.05, 0.1) is 0 Å². The summed E-state index contributed by atoms with van der Waals surface area (Å²) in [7, 11) is 2.03. The van der Waals surface area contributed by atoms with Gasteiger partial charge in [-0.25, -0.2) is 0 Å². The molecule has 1 rings (SSSR count). The van der Waals surface area contributed by atoms with E-state index >= 15 is 0 Å². The highest BCUT2D eigenvalue weighted by Crippen LogP contribution is 2.30. The van der Waals surface area contributed by atoms with Crippen LogP contribution in [0.15, 0.2) is 4.52 Å². The van der Waals surface area contributed by atoms with Gasteiger partial charge in [-0.3, -0.25) is 0 Å². The van der Waals surface area contributed by atoms with Crippen molar-refractivity contribution in [3.63, 3.8) is 0 Å². The fraction of sp³-hybridized carbons (Fsp3) is 0.700. The first-order chi connectivity index (χ1) is 6.61. The van der Waals surface area contributed by atoms with Crippen LogP contribution in [0.1, 0.15) is 38.1 Å². The lowest BCUT2D eigenvalue weighted by Gasteiger charge is -2.17. The second-order valence-corrected chi connectivity index (χ2v) is 3.72. The molecule has 0 aliphatic heterocycles. The number of rotatable bonds is 4. The third-order valence-corrected chi connectivity index (χ3v) is 2.33. The largest absolute Gasteiger partial charge is 0.370 e. The van der Waals surface area contributed by atoms with E-state index in [9.17, 15) is 0 Å². The highest BCUT2D eigenvalue weighted by molar-refractivity contribution is 5.54. The standard InChI is InChI=1S/C10H19N3O/c1-5-13(4)9-8(6-11)12-14-10(9)7(2)3/h7H,5-6,11H2,1-4H3. The quantitative estimate of drug-likeness (QED) is 0.798. The summed E-state index contributed by atoms with van der Waals surface area (Å²) < 4.78 is 5.30. The van der Waals surface area contributed by atoms with Gasteiger partial charge in [-0.15, -0.1) is 0 Å². The van der Waals surface area contributed by atoms with Crippen LogP contribution in [0, 0.1) is 0 Å². The van der Waals surface area contributed by atoms with E-state index < -0.39 is 0 Å². The highest BCUT2D eigenvalue weighted by Gasteiger charge is 2.19. The molecule has 0 aliphatic rings. The number of aromatic nitrogens is 1.